The zero-order valence-electron chi connectivity index (χ0n) is 11.4. The molecule has 3 heteroatoms. The molecule has 0 spiro atoms. The molecule has 1 aliphatic carbocycles. The Balaban J connectivity index is 2.06. The van der Waals surface area contributed by atoms with E-state index >= 15 is 0 Å². The quantitative estimate of drug-likeness (QED) is 0.333. The minimum Gasteiger partial charge on any atom is -0.0838 e. The molecule has 0 nitrogen and oxygen atoms in total. The van der Waals surface area contributed by atoms with E-state index in [0.29, 0.717) is 4.83 Å². The molecule has 1 aromatic rings. The second-order valence-electron chi connectivity index (χ2n) is 5.68. The van der Waals surface area contributed by atoms with Crippen LogP contribution in [0.5, 0.6) is 0 Å². The molecule has 0 N–H and O–H groups in total. The van der Waals surface area contributed by atoms with Crippen molar-refractivity contribution in [2.24, 2.45) is 5.92 Å². The predicted molar refractivity (Wildman–Crippen MR) is 94.1 cm³/mol. The highest BCUT2D eigenvalue weighted by Crippen LogP contribution is 2.40. The summed E-state index contributed by atoms with van der Waals surface area (Å²) in [5.41, 5.74) is 2.66. The van der Waals surface area contributed by atoms with Crippen LogP contribution in [0, 0.1) is 12.8 Å². The van der Waals surface area contributed by atoms with Crippen LogP contribution < -0.4 is 0 Å². The molecule has 1 aliphatic rings. The fraction of sp³-hybridized carbons (Fsp3) is 0.625. The Bertz CT molecular complexity index is 420. The molecule has 1 unspecified atom stereocenters. The number of benzene rings is 1. The number of rotatable bonds is 3. The van der Waals surface area contributed by atoms with Crippen molar-refractivity contribution in [1.82, 2.24) is 0 Å². The summed E-state index contributed by atoms with van der Waals surface area (Å²) >= 11 is 11.3. The smallest absolute Gasteiger partial charge is 0.0409 e. The van der Waals surface area contributed by atoms with Gasteiger partial charge in [0, 0.05) is 13.8 Å². The average molecular weight is 453 g/mol. The standard InChI is InChI=1S/C16H21Br3/c1-11-8-15(18)13(10-14(11)17)16(19)9-12-6-4-2-3-5-7-12/h8,10,12,16H,2-7,9H2,1H3. The first kappa shape index (κ1) is 16.0. The van der Waals surface area contributed by atoms with Gasteiger partial charge in [-0.3, -0.25) is 0 Å². The van der Waals surface area contributed by atoms with Crippen molar-refractivity contribution in [3.63, 3.8) is 0 Å². The summed E-state index contributed by atoms with van der Waals surface area (Å²) in [5, 5.41) is 0. The van der Waals surface area contributed by atoms with Crippen molar-refractivity contribution < 1.29 is 0 Å². The van der Waals surface area contributed by atoms with Gasteiger partial charge in [0.15, 0.2) is 0 Å². The lowest BCUT2D eigenvalue weighted by atomic mass is 9.92. The Morgan fingerprint density at radius 3 is 2.32 bits per heavy atom. The van der Waals surface area contributed by atoms with Crippen LogP contribution in [0.3, 0.4) is 0 Å². The maximum Gasteiger partial charge on any atom is 0.0409 e. The summed E-state index contributed by atoms with van der Waals surface area (Å²) in [6.45, 7) is 2.13. The monoisotopic (exact) mass is 450 g/mol. The molecule has 0 aromatic heterocycles. The normalized spacial score (nSPS) is 19.2. The SMILES string of the molecule is Cc1cc(Br)c(C(Br)CC2CCCCCC2)cc1Br. The molecule has 0 bridgehead atoms. The van der Waals surface area contributed by atoms with Gasteiger partial charge in [0.2, 0.25) is 0 Å². The number of hydrogen-bond donors (Lipinski definition) is 0. The van der Waals surface area contributed by atoms with Crippen LogP contribution in [-0.4, -0.2) is 0 Å². The molecule has 0 heterocycles. The molecule has 1 aromatic carbocycles. The van der Waals surface area contributed by atoms with E-state index in [1.165, 1.54) is 65.0 Å². The lowest BCUT2D eigenvalue weighted by molar-refractivity contribution is 0.427. The third-order valence-corrected chi connectivity index (χ3v) is 6.54. The van der Waals surface area contributed by atoms with Gasteiger partial charge < -0.3 is 0 Å². The predicted octanol–water partition coefficient (Wildman–Crippen LogP) is 7.32. The van der Waals surface area contributed by atoms with Gasteiger partial charge >= 0.3 is 0 Å². The number of halogens is 3. The maximum atomic E-state index is 3.91. The molecular formula is C16H21Br3. The van der Waals surface area contributed by atoms with Crippen LogP contribution in [0.4, 0.5) is 0 Å². The Labute approximate surface area is 142 Å². The zero-order chi connectivity index (χ0) is 13.8. The third-order valence-electron chi connectivity index (χ3n) is 4.13. The Morgan fingerprint density at radius 2 is 1.68 bits per heavy atom. The highest BCUT2D eigenvalue weighted by atomic mass is 79.9. The van der Waals surface area contributed by atoms with E-state index in [0.717, 1.165) is 5.92 Å². The van der Waals surface area contributed by atoms with Gasteiger partial charge in [0.1, 0.15) is 0 Å². The van der Waals surface area contributed by atoms with Gasteiger partial charge in [0.25, 0.3) is 0 Å². The van der Waals surface area contributed by atoms with E-state index in [1.54, 1.807) is 0 Å². The van der Waals surface area contributed by atoms with Gasteiger partial charge in [-0.2, -0.15) is 0 Å². The molecule has 106 valence electrons. The highest BCUT2D eigenvalue weighted by Gasteiger charge is 2.19. The van der Waals surface area contributed by atoms with E-state index in [-0.39, 0.29) is 0 Å². The first-order valence-corrected chi connectivity index (χ1v) is 9.67. The van der Waals surface area contributed by atoms with Gasteiger partial charge in [-0.25, -0.2) is 0 Å². The molecule has 0 radical (unpaired) electrons. The summed E-state index contributed by atoms with van der Waals surface area (Å²) < 4.78 is 2.43. The second kappa shape index (κ2) is 7.61. The minimum absolute atomic E-state index is 0.460. The molecule has 1 fully saturated rings. The molecule has 0 aliphatic heterocycles. The summed E-state index contributed by atoms with van der Waals surface area (Å²) in [4.78, 5) is 0.460. The highest BCUT2D eigenvalue weighted by molar-refractivity contribution is 9.11. The molecule has 0 saturated heterocycles. The van der Waals surface area contributed by atoms with Crippen molar-refractivity contribution in [2.75, 3.05) is 0 Å². The molecule has 1 saturated carbocycles. The third kappa shape index (κ3) is 4.57. The second-order valence-corrected chi connectivity index (χ2v) is 8.50. The molecule has 0 amide bonds. The van der Waals surface area contributed by atoms with Gasteiger partial charge in [0.05, 0.1) is 0 Å². The van der Waals surface area contributed by atoms with E-state index in [4.69, 9.17) is 0 Å². The van der Waals surface area contributed by atoms with Gasteiger partial charge in [-0.1, -0.05) is 86.3 Å². The van der Waals surface area contributed by atoms with Crippen molar-refractivity contribution in [2.45, 2.75) is 56.7 Å². The zero-order valence-corrected chi connectivity index (χ0v) is 16.2. The maximum absolute atomic E-state index is 3.91. The first-order valence-electron chi connectivity index (χ1n) is 7.17. The summed E-state index contributed by atoms with van der Waals surface area (Å²) in [7, 11) is 0. The van der Waals surface area contributed by atoms with E-state index in [1.807, 2.05) is 0 Å². The average Bonchev–Trinajstić information content (AvgIpc) is 2.62. The van der Waals surface area contributed by atoms with E-state index in [9.17, 15) is 0 Å². The van der Waals surface area contributed by atoms with E-state index < -0.39 is 0 Å². The topological polar surface area (TPSA) is 0 Å². The van der Waals surface area contributed by atoms with Crippen molar-refractivity contribution in [3.05, 3.63) is 32.2 Å². The Hall–Kier alpha value is 0.660. The van der Waals surface area contributed by atoms with Crippen LogP contribution in [0.25, 0.3) is 0 Å². The molecule has 19 heavy (non-hydrogen) atoms. The van der Waals surface area contributed by atoms with Crippen LogP contribution in [0.15, 0.2) is 21.1 Å². The fourth-order valence-corrected chi connectivity index (χ4v) is 5.23. The molecular weight excluding hydrogens is 432 g/mol. The van der Waals surface area contributed by atoms with Crippen molar-refractivity contribution >= 4 is 47.8 Å². The fourth-order valence-electron chi connectivity index (χ4n) is 2.92. The van der Waals surface area contributed by atoms with Gasteiger partial charge in [-0.15, -0.1) is 0 Å². The number of hydrogen-bond acceptors (Lipinski definition) is 0. The number of aryl methyl sites for hydroxylation is 1. The lowest BCUT2D eigenvalue weighted by Gasteiger charge is -2.20. The van der Waals surface area contributed by atoms with Crippen LogP contribution in [-0.2, 0) is 0 Å². The van der Waals surface area contributed by atoms with Crippen molar-refractivity contribution in [1.29, 1.82) is 0 Å². The molecule has 1 atom stereocenters. The Kier molecular flexibility index (Phi) is 6.42. The van der Waals surface area contributed by atoms with Gasteiger partial charge in [-0.05, 0) is 42.5 Å². The lowest BCUT2D eigenvalue weighted by Crippen LogP contribution is -2.04. The summed E-state index contributed by atoms with van der Waals surface area (Å²) in [6, 6.07) is 4.47. The molecule has 2 rings (SSSR count). The Morgan fingerprint density at radius 1 is 1.05 bits per heavy atom. The van der Waals surface area contributed by atoms with Crippen LogP contribution in [0.2, 0.25) is 0 Å². The van der Waals surface area contributed by atoms with Crippen LogP contribution in [0.1, 0.15) is 60.9 Å². The van der Waals surface area contributed by atoms with E-state index in [2.05, 4.69) is 66.8 Å². The summed E-state index contributed by atoms with van der Waals surface area (Å²) in [5.74, 6) is 0.888. The summed E-state index contributed by atoms with van der Waals surface area (Å²) in [6.07, 6.45) is 9.78. The first-order chi connectivity index (χ1) is 9.08. The number of alkyl halides is 1. The van der Waals surface area contributed by atoms with Crippen molar-refractivity contribution in [3.8, 4) is 0 Å². The largest absolute Gasteiger partial charge is 0.0838 e. The van der Waals surface area contributed by atoms with Crippen LogP contribution >= 0.6 is 47.8 Å². The minimum atomic E-state index is 0.460.